The summed E-state index contributed by atoms with van der Waals surface area (Å²) in [6.45, 7) is 13.7. The predicted molar refractivity (Wildman–Crippen MR) is 101 cm³/mol. The number of benzene rings is 1. The quantitative estimate of drug-likeness (QED) is 0.649. The molecule has 0 bridgehead atoms. The number of rotatable bonds is 6. The van der Waals surface area contributed by atoms with Crippen LogP contribution in [0.15, 0.2) is 6.07 Å². The van der Waals surface area contributed by atoms with Crippen LogP contribution in [-0.2, 0) is 27.8 Å². The lowest BCUT2D eigenvalue weighted by molar-refractivity contribution is -0.141. The first-order chi connectivity index (χ1) is 11.2. The number of hydrogen-bond donors (Lipinski definition) is 0. The van der Waals surface area contributed by atoms with Crippen LogP contribution in [0.4, 0.5) is 0 Å². The molecule has 0 saturated carbocycles. The average Bonchev–Trinajstić information content (AvgIpc) is 2.49. The number of esters is 1. The number of carbonyl (C=O) groups is 1. The zero-order valence-corrected chi connectivity index (χ0v) is 16.4. The summed E-state index contributed by atoms with van der Waals surface area (Å²) in [6, 6.07) is 2.50. The molecule has 0 heterocycles. The lowest BCUT2D eigenvalue weighted by Crippen LogP contribution is -2.25. The topological polar surface area (TPSA) is 26.3 Å². The van der Waals surface area contributed by atoms with Gasteiger partial charge in [-0.2, -0.15) is 0 Å². The molecule has 134 valence electrons. The molecule has 0 N–H and O–H groups in total. The fourth-order valence-corrected chi connectivity index (χ4v) is 4.02. The molecule has 24 heavy (non-hydrogen) atoms. The van der Waals surface area contributed by atoms with Crippen molar-refractivity contribution < 1.29 is 9.53 Å². The number of fused-ring (bicyclic) bond motifs is 1. The van der Waals surface area contributed by atoms with E-state index in [9.17, 15) is 4.79 Å². The third-order valence-corrected chi connectivity index (χ3v) is 5.92. The first-order valence-electron chi connectivity index (χ1n) is 9.48. The Kier molecular flexibility index (Phi) is 6.11. The fourth-order valence-electron chi connectivity index (χ4n) is 4.02. The highest BCUT2D eigenvalue weighted by atomic mass is 16.5. The second-order valence-corrected chi connectivity index (χ2v) is 8.32. The summed E-state index contributed by atoms with van der Waals surface area (Å²) in [7, 11) is 0. The normalized spacial score (nSPS) is 17.2. The van der Waals surface area contributed by atoms with Gasteiger partial charge >= 0.3 is 5.97 Å². The zero-order chi connectivity index (χ0) is 17.9. The second kappa shape index (κ2) is 7.72. The molecule has 1 aliphatic carbocycles. The van der Waals surface area contributed by atoms with Gasteiger partial charge in [-0.25, -0.2) is 0 Å². The Morgan fingerprint density at radius 1 is 1.25 bits per heavy atom. The fraction of sp³-hybridized carbons (Fsp3) is 0.682. The summed E-state index contributed by atoms with van der Waals surface area (Å²) < 4.78 is 5.07. The number of aryl methyl sites for hydroxylation is 1. The first-order valence-corrected chi connectivity index (χ1v) is 9.48. The van der Waals surface area contributed by atoms with Crippen molar-refractivity contribution >= 4 is 5.97 Å². The maximum Gasteiger partial charge on any atom is 0.302 e. The molecule has 0 saturated heterocycles. The molecule has 0 spiro atoms. The Balaban J connectivity index is 2.08. The van der Waals surface area contributed by atoms with Crippen molar-refractivity contribution in [2.24, 2.45) is 5.92 Å². The maximum atomic E-state index is 10.9. The monoisotopic (exact) mass is 330 g/mol. The Morgan fingerprint density at radius 2 is 1.96 bits per heavy atom. The van der Waals surface area contributed by atoms with E-state index >= 15 is 0 Å². The highest BCUT2D eigenvalue weighted by molar-refractivity contribution is 5.65. The molecule has 0 aromatic heterocycles. The van der Waals surface area contributed by atoms with Gasteiger partial charge in [-0.05, 0) is 91.5 Å². The number of hydrogen-bond acceptors (Lipinski definition) is 2. The van der Waals surface area contributed by atoms with Gasteiger partial charge in [0.2, 0.25) is 0 Å². The van der Waals surface area contributed by atoms with Crippen LogP contribution in [0, 0.1) is 19.8 Å². The van der Waals surface area contributed by atoms with Crippen LogP contribution in [-0.4, -0.2) is 12.6 Å². The van der Waals surface area contributed by atoms with Crippen molar-refractivity contribution in [2.75, 3.05) is 6.61 Å². The van der Waals surface area contributed by atoms with Gasteiger partial charge in [-0.3, -0.25) is 4.79 Å². The molecule has 1 aromatic carbocycles. The number of carbonyl (C=O) groups excluding carboxylic acids is 1. The van der Waals surface area contributed by atoms with Gasteiger partial charge in [0, 0.05) is 6.92 Å². The predicted octanol–water partition coefficient (Wildman–Crippen LogP) is 5.44. The lowest BCUT2D eigenvalue weighted by atomic mass is 9.70. The van der Waals surface area contributed by atoms with Crippen LogP contribution in [0.25, 0.3) is 0 Å². The maximum absolute atomic E-state index is 10.9. The molecule has 2 rings (SSSR count). The van der Waals surface area contributed by atoms with E-state index in [0.717, 1.165) is 19.3 Å². The minimum absolute atomic E-state index is 0.175. The molecular formula is C22H34O2. The summed E-state index contributed by atoms with van der Waals surface area (Å²) >= 11 is 0. The van der Waals surface area contributed by atoms with Gasteiger partial charge in [0.1, 0.15) is 0 Å². The van der Waals surface area contributed by atoms with Gasteiger partial charge in [0.15, 0.2) is 0 Å². The van der Waals surface area contributed by atoms with Crippen molar-refractivity contribution in [3.8, 4) is 0 Å². The molecule has 1 atom stereocenters. The SMILES string of the molecule is CC(=O)OCC[C@@H](C)CCc1cc2c(c(C)c1C)CCCC2(C)C. The van der Waals surface area contributed by atoms with E-state index in [-0.39, 0.29) is 5.97 Å². The van der Waals surface area contributed by atoms with E-state index in [1.165, 1.54) is 42.9 Å². The van der Waals surface area contributed by atoms with Crippen molar-refractivity contribution in [2.45, 2.75) is 85.5 Å². The van der Waals surface area contributed by atoms with Gasteiger partial charge < -0.3 is 4.74 Å². The highest BCUT2D eigenvalue weighted by Gasteiger charge is 2.29. The Hall–Kier alpha value is -1.31. The van der Waals surface area contributed by atoms with E-state index in [1.54, 1.807) is 11.1 Å². The standard InChI is InChI=1S/C22H34O2/c1-15(11-13-24-18(4)23)9-10-19-14-21-20(17(3)16(19)2)8-7-12-22(21,5)6/h14-15H,7-13H2,1-6H3/t15-/m0/s1. The Labute approximate surface area is 148 Å². The third kappa shape index (κ3) is 4.40. The molecule has 0 unspecified atom stereocenters. The van der Waals surface area contributed by atoms with E-state index in [1.807, 2.05) is 0 Å². The summed E-state index contributed by atoms with van der Waals surface area (Å²) in [4.78, 5) is 10.9. The molecule has 1 aromatic rings. The highest BCUT2D eigenvalue weighted by Crippen LogP contribution is 2.40. The molecule has 2 nitrogen and oxygen atoms in total. The molecule has 0 aliphatic heterocycles. The van der Waals surface area contributed by atoms with Crippen LogP contribution >= 0.6 is 0 Å². The van der Waals surface area contributed by atoms with Crippen LogP contribution in [0.5, 0.6) is 0 Å². The van der Waals surface area contributed by atoms with E-state index in [4.69, 9.17) is 4.74 Å². The second-order valence-electron chi connectivity index (χ2n) is 8.32. The van der Waals surface area contributed by atoms with Gasteiger partial charge in [0.25, 0.3) is 0 Å². The first kappa shape index (κ1) is 19.0. The van der Waals surface area contributed by atoms with Crippen molar-refractivity contribution in [3.63, 3.8) is 0 Å². The van der Waals surface area contributed by atoms with Gasteiger partial charge in [-0.1, -0.05) is 26.8 Å². The van der Waals surface area contributed by atoms with Crippen molar-refractivity contribution in [1.29, 1.82) is 0 Å². The summed E-state index contributed by atoms with van der Waals surface area (Å²) in [5.41, 5.74) is 8.01. The van der Waals surface area contributed by atoms with Crippen LogP contribution in [0.3, 0.4) is 0 Å². The largest absolute Gasteiger partial charge is 0.466 e. The molecular weight excluding hydrogens is 296 g/mol. The summed E-state index contributed by atoms with van der Waals surface area (Å²) in [5.74, 6) is 0.402. The number of ether oxygens (including phenoxy) is 1. The molecule has 0 amide bonds. The van der Waals surface area contributed by atoms with Crippen LogP contribution in [0.1, 0.15) is 81.2 Å². The third-order valence-electron chi connectivity index (χ3n) is 5.92. The Bertz CT molecular complexity index is 598. The Morgan fingerprint density at radius 3 is 2.62 bits per heavy atom. The minimum Gasteiger partial charge on any atom is -0.466 e. The molecule has 1 aliphatic rings. The van der Waals surface area contributed by atoms with Gasteiger partial charge in [0.05, 0.1) is 6.61 Å². The zero-order valence-electron chi connectivity index (χ0n) is 16.4. The van der Waals surface area contributed by atoms with Gasteiger partial charge in [-0.15, -0.1) is 0 Å². The van der Waals surface area contributed by atoms with E-state index in [2.05, 4.69) is 40.7 Å². The van der Waals surface area contributed by atoms with Crippen molar-refractivity contribution in [1.82, 2.24) is 0 Å². The molecule has 2 heteroatoms. The van der Waals surface area contributed by atoms with Crippen molar-refractivity contribution in [3.05, 3.63) is 33.9 Å². The lowest BCUT2D eigenvalue weighted by Gasteiger charge is -2.35. The van der Waals surface area contributed by atoms with Crippen LogP contribution < -0.4 is 0 Å². The molecule has 0 radical (unpaired) electrons. The van der Waals surface area contributed by atoms with E-state index < -0.39 is 0 Å². The van der Waals surface area contributed by atoms with E-state index in [0.29, 0.717) is 17.9 Å². The summed E-state index contributed by atoms with van der Waals surface area (Å²) in [6.07, 6.45) is 7.07. The van der Waals surface area contributed by atoms with Crippen LogP contribution in [0.2, 0.25) is 0 Å². The molecule has 0 fully saturated rings. The smallest absolute Gasteiger partial charge is 0.302 e. The minimum atomic E-state index is -0.175. The average molecular weight is 331 g/mol. The summed E-state index contributed by atoms with van der Waals surface area (Å²) in [5, 5.41) is 0.